The first-order valence-corrected chi connectivity index (χ1v) is 7.35. The highest BCUT2D eigenvalue weighted by molar-refractivity contribution is 9.13. The van der Waals surface area contributed by atoms with Crippen LogP contribution in [-0.2, 0) is 0 Å². The molecule has 1 aromatic carbocycles. The van der Waals surface area contributed by atoms with Gasteiger partial charge in [-0.25, -0.2) is 4.39 Å². The number of benzene rings is 1. The fraction of sp³-hybridized carbons (Fsp3) is 0.0909. The van der Waals surface area contributed by atoms with Gasteiger partial charge in [0.1, 0.15) is 11.9 Å². The van der Waals surface area contributed by atoms with Crippen LogP contribution in [0.4, 0.5) is 4.39 Å². The van der Waals surface area contributed by atoms with Crippen molar-refractivity contribution >= 4 is 54.8 Å². The lowest BCUT2D eigenvalue weighted by Crippen LogP contribution is -2.01. The van der Waals surface area contributed by atoms with Gasteiger partial charge in [-0.05, 0) is 50.1 Å². The van der Waals surface area contributed by atoms with Crippen LogP contribution >= 0.6 is 54.8 Å². The molecule has 0 saturated heterocycles. The van der Waals surface area contributed by atoms with Crippen LogP contribution in [0.25, 0.3) is 0 Å². The van der Waals surface area contributed by atoms with Gasteiger partial charge in [0, 0.05) is 19.9 Å². The lowest BCUT2D eigenvalue weighted by molar-refractivity contribution is 0.219. The van der Waals surface area contributed by atoms with E-state index in [4.69, 9.17) is 11.6 Å². The molecule has 1 aromatic heterocycles. The highest BCUT2D eigenvalue weighted by atomic mass is 79.9. The molecule has 0 spiro atoms. The van der Waals surface area contributed by atoms with E-state index in [-0.39, 0.29) is 10.6 Å². The summed E-state index contributed by atoms with van der Waals surface area (Å²) in [6.45, 7) is 0. The van der Waals surface area contributed by atoms with Gasteiger partial charge in [-0.3, -0.25) is 0 Å². The summed E-state index contributed by atoms with van der Waals surface area (Å²) < 4.78 is 15.3. The molecule has 0 saturated carbocycles. The summed E-state index contributed by atoms with van der Waals surface area (Å²) in [4.78, 5) is 0.621. The minimum atomic E-state index is -1.06. The molecule has 6 heteroatoms. The SMILES string of the molecule is OC(c1cc(Br)c(Br)s1)c1c(F)cccc1Cl. The second kappa shape index (κ2) is 5.36. The summed E-state index contributed by atoms with van der Waals surface area (Å²) in [5.41, 5.74) is 0.107. The van der Waals surface area contributed by atoms with Crippen LogP contribution in [0, 0.1) is 5.82 Å². The molecular formula is C11H6Br2ClFOS. The molecule has 2 aromatic rings. The first-order chi connectivity index (χ1) is 8.00. The number of thiophene rings is 1. The topological polar surface area (TPSA) is 20.2 Å². The summed E-state index contributed by atoms with van der Waals surface area (Å²) in [5.74, 6) is -0.509. The predicted octanol–water partition coefficient (Wildman–Crippen LogP) is 5.15. The van der Waals surface area contributed by atoms with E-state index in [1.54, 1.807) is 12.1 Å². The Morgan fingerprint density at radius 1 is 1.35 bits per heavy atom. The number of rotatable bonds is 2. The number of hydrogen-bond donors (Lipinski definition) is 1. The normalized spacial score (nSPS) is 12.8. The minimum Gasteiger partial charge on any atom is -0.383 e. The minimum absolute atomic E-state index is 0.107. The van der Waals surface area contributed by atoms with Crippen LogP contribution in [0.15, 0.2) is 32.5 Å². The second-order valence-corrected chi connectivity index (χ2v) is 6.97. The largest absolute Gasteiger partial charge is 0.383 e. The van der Waals surface area contributed by atoms with Crippen molar-refractivity contribution in [2.24, 2.45) is 0 Å². The van der Waals surface area contributed by atoms with Gasteiger partial charge in [-0.15, -0.1) is 11.3 Å². The zero-order chi connectivity index (χ0) is 12.6. The van der Waals surface area contributed by atoms with Gasteiger partial charge in [0.15, 0.2) is 0 Å². The maximum atomic E-state index is 13.6. The number of aliphatic hydroxyl groups excluding tert-OH is 1. The molecule has 2 rings (SSSR count). The van der Waals surface area contributed by atoms with E-state index in [1.165, 1.54) is 23.5 Å². The van der Waals surface area contributed by atoms with Crippen LogP contribution in [0.5, 0.6) is 0 Å². The Morgan fingerprint density at radius 3 is 2.59 bits per heavy atom. The molecule has 0 aliphatic carbocycles. The van der Waals surface area contributed by atoms with Crippen molar-refractivity contribution in [3.8, 4) is 0 Å². The van der Waals surface area contributed by atoms with Crippen molar-refractivity contribution in [1.29, 1.82) is 0 Å². The molecule has 1 heterocycles. The summed E-state index contributed by atoms with van der Waals surface area (Å²) in [6.07, 6.45) is -1.06. The predicted molar refractivity (Wildman–Crippen MR) is 75.2 cm³/mol. The van der Waals surface area contributed by atoms with Crippen molar-refractivity contribution in [2.45, 2.75) is 6.10 Å². The molecule has 0 aliphatic heterocycles. The summed E-state index contributed by atoms with van der Waals surface area (Å²) in [7, 11) is 0. The van der Waals surface area contributed by atoms with Crippen molar-refractivity contribution in [1.82, 2.24) is 0 Å². The van der Waals surface area contributed by atoms with E-state index >= 15 is 0 Å². The number of hydrogen-bond acceptors (Lipinski definition) is 2. The third kappa shape index (κ3) is 2.74. The van der Waals surface area contributed by atoms with Gasteiger partial charge >= 0.3 is 0 Å². The third-order valence-electron chi connectivity index (χ3n) is 2.21. The van der Waals surface area contributed by atoms with Crippen LogP contribution in [0.2, 0.25) is 5.02 Å². The molecule has 1 nitrogen and oxygen atoms in total. The van der Waals surface area contributed by atoms with Crippen LogP contribution in [-0.4, -0.2) is 5.11 Å². The smallest absolute Gasteiger partial charge is 0.130 e. The Morgan fingerprint density at radius 2 is 2.06 bits per heavy atom. The van der Waals surface area contributed by atoms with Crippen LogP contribution in [0.3, 0.4) is 0 Å². The molecule has 0 bridgehead atoms. The zero-order valence-electron chi connectivity index (χ0n) is 8.25. The second-order valence-electron chi connectivity index (χ2n) is 3.31. The Bertz CT molecular complexity index is 519. The van der Waals surface area contributed by atoms with Crippen LogP contribution < -0.4 is 0 Å². The number of halogens is 4. The van der Waals surface area contributed by atoms with Gasteiger partial charge in [0.2, 0.25) is 0 Å². The Kier molecular flexibility index (Phi) is 4.26. The van der Waals surface area contributed by atoms with Crippen molar-refractivity contribution in [3.05, 3.63) is 53.8 Å². The van der Waals surface area contributed by atoms with Gasteiger partial charge < -0.3 is 5.11 Å². The summed E-state index contributed by atoms with van der Waals surface area (Å²) >= 11 is 13.9. The highest BCUT2D eigenvalue weighted by Crippen LogP contribution is 2.39. The van der Waals surface area contributed by atoms with E-state index in [0.29, 0.717) is 4.88 Å². The number of aliphatic hydroxyl groups is 1. The van der Waals surface area contributed by atoms with Crippen molar-refractivity contribution in [2.75, 3.05) is 0 Å². The van der Waals surface area contributed by atoms with Crippen molar-refractivity contribution in [3.63, 3.8) is 0 Å². The molecule has 0 aliphatic rings. The lowest BCUT2D eigenvalue weighted by atomic mass is 10.1. The fourth-order valence-corrected chi connectivity index (χ4v) is 3.76. The monoisotopic (exact) mass is 398 g/mol. The molecule has 1 unspecified atom stereocenters. The summed E-state index contributed by atoms with van der Waals surface area (Å²) in [6, 6.07) is 6.08. The fourth-order valence-electron chi connectivity index (χ4n) is 1.41. The Balaban J connectivity index is 2.47. The van der Waals surface area contributed by atoms with Crippen molar-refractivity contribution < 1.29 is 9.50 Å². The standard InChI is InChI=1S/C11H6Br2ClFOS/c12-5-4-8(17-11(5)13)10(16)9-6(14)2-1-3-7(9)15/h1-4,10,16H. The molecule has 1 N–H and O–H groups in total. The quantitative estimate of drug-likeness (QED) is 0.739. The van der Waals surface area contributed by atoms with Gasteiger partial charge in [0.25, 0.3) is 0 Å². The van der Waals surface area contributed by atoms with E-state index in [2.05, 4.69) is 31.9 Å². The van der Waals surface area contributed by atoms with E-state index in [1.807, 2.05) is 0 Å². The van der Waals surface area contributed by atoms with E-state index in [9.17, 15) is 9.50 Å². The van der Waals surface area contributed by atoms with E-state index < -0.39 is 11.9 Å². The van der Waals surface area contributed by atoms with Crippen LogP contribution in [0.1, 0.15) is 16.5 Å². The molecule has 1 atom stereocenters. The highest BCUT2D eigenvalue weighted by Gasteiger charge is 2.21. The molecule has 0 fully saturated rings. The molecule has 0 amide bonds. The van der Waals surface area contributed by atoms with Gasteiger partial charge in [-0.1, -0.05) is 17.7 Å². The first kappa shape index (κ1) is 13.5. The van der Waals surface area contributed by atoms with Gasteiger partial charge in [-0.2, -0.15) is 0 Å². The zero-order valence-corrected chi connectivity index (χ0v) is 13.0. The lowest BCUT2D eigenvalue weighted by Gasteiger charge is -2.11. The maximum absolute atomic E-state index is 13.6. The molecule has 0 radical (unpaired) electrons. The third-order valence-corrected chi connectivity index (χ3v) is 5.85. The summed E-state index contributed by atoms with van der Waals surface area (Å²) in [5, 5.41) is 10.4. The molecule has 90 valence electrons. The van der Waals surface area contributed by atoms with Gasteiger partial charge in [0.05, 0.1) is 3.79 Å². The van der Waals surface area contributed by atoms with E-state index in [0.717, 1.165) is 8.26 Å². The Hall–Kier alpha value is 0.0600. The maximum Gasteiger partial charge on any atom is 0.130 e. The average Bonchev–Trinajstić information content (AvgIpc) is 2.59. The molecule has 17 heavy (non-hydrogen) atoms. The molecular weight excluding hydrogens is 394 g/mol. The Labute approximate surface area is 123 Å². The first-order valence-electron chi connectivity index (χ1n) is 4.57. The average molecular weight is 400 g/mol.